The van der Waals surface area contributed by atoms with Gasteiger partial charge in [0, 0.05) is 44.0 Å². The molecule has 2 fully saturated rings. The largest absolute Gasteiger partial charge is 0.487 e. The maximum absolute atomic E-state index is 14.8. The summed E-state index contributed by atoms with van der Waals surface area (Å²) in [6.07, 6.45) is 2.89. The van der Waals surface area contributed by atoms with Crippen molar-refractivity contribution in [1.29, 1.82) is 0 Å². The van der Waals surface area contributed by atoms with Crippen molar-refractivity contribution < 1.29 is 41.9 Å². The third-order valence-corrected chi connectivity index (χ3v) is 15.0. The second-order valence-electron chi connectivity index (χ2n) is 19.5. The van der Waals surface area contributed by atoms with Gasteiger partial charge in [0.1, 0.15) is 23.4 Å². The number of hydrogen-bond donors (Lipinski definition) is 5. The van der Waals surface area contributed by atoms with E-state index < -0.39 is 63.4 Å². The van der Waals surface area contributed by atoms with Crippen molar-refractivity contribution in [2.75, 3.05) is 13.1 Å². The number of hydrogen-bond acceptors (Lipinski definition) is 10. The minimum absolute atomic E-state index is 0.0337. The number of likely N-dealkylation sites (tertiary alicyclic amines) is 1. The van der Waals surface area contributed by atoms with Crippen LogP contribution in [0.15, 0.2) is 101 Å². The molecule has 0 spiro atoms. The molecule has 17 heteroatoms. The molecular formula is C54H67N7O9S. The van der Waals surface area contributed by atoms with Gasteiger partial charge >= 0.3 is 0 Å². The number of rotatable bonds is 22. The normalized spacial score (nSPS) is 18.2. The number of amides is 4. The number of benzene rings is 4. The Morgan fingerprint density at radius 2 is 1.44 bits per heavy atom. The van der Waals surface area contributed by atoms with Crippen molar-refractivity contribution in [3.8, 4) is 5.75 Å². The maximum Gasteiger partial charge on any atom is 0.289 e. The highest BCUT2D eigenvalue weighted by Gasteiger charge is 2.44. The van der Waals surface area contributed by atoms with E-state index in [9.17, 15) is 32.4 Å². The quantitative estimate of drug-likeness (QED) is 0.0308. The van der Waals surface area contributed by atoms with Crippen LogP contribution in [-0.2, 0) is 64.6 Å². The number of carbonyl (C=O) groups excluding carboxylic acids is 5. The lowest BCUT2D eigenvalue weighted by molar-refractivity contribution is -0.143. The van der Waals surface area contributed by atoms with E-state index in [-0.39, 0.29) is 74.6 Å². The first-order chi connectivity index (χ1) is 33.9. The Labute approximate surface area is 417 Å². The second-order valence-corrected chi connectivity index (χ2v) is 21.1. The molecule has 16 nitrogen and oxygen atoms in total. The van der Waals surface area contributed by atoms with Crippen molar-refractivity contribution in [3.63, 3.8) is 0 Å². The van der Waals surface area contributed by atoms with E-state index in [1.807, 2.05) is 112 Å². The number of ether oxygens (including phenoxy) is 2. The van der Waals surface area contributed by atoms with Crippen molar-refractivity contribution in [2.24, 2.45) is 10.7 Å². The highest BCUT2D eigenvalue weighted by atomic mass is 32.2. The van der Waals surface area contributed by atoms with Gasteiger partial charge < -0.3 is 36.1 Å². The zero-order valence-corrected chi connectivity index (χ0v) is 42.1. The van der Waals surface area contributed by atoms with Gasteiger partial charge in [-0.25, -0.2) is 13.1 Å². The lowest BCUT2D eigenvalue weighted by Gasteiger charge is -2.29. The van der Waals surface area contributed by atoms with E-state index in [2.05, 4.69) is 25.7 Å². The monoisotopic (exact) mass is 989 g/mol. The van der Waals surface area contributed by atoms with Crippen molar-refractivity contribution in [3.05, 3.63) is 130 Å². The SMILES string of the molecule is Cc1c(C)c(S(=O)(=O)NC(N)=NCCC[C@H](NC(=O)[C@@H]2C[C@@H](OCc3ccccc3)CN2C(=O)[C@H](CCc2ccccc2)NC(=O)CCc2ccccc2)C(=O)C(=O)NC2CC2)c(C)c2c1OC(C)(C)C2. The van der Waals surface area contributed by atoms with Gasteiger partial charge in [-0.05, 0) is 113 Å². The number of sulfonamides is 1. The molecule has 4 aromatic rings. The van der Waals surface area contributed by atoms with Crippen molar-refractivity contribution in [1.82, 2.24) is 25.6 Å². The summed E-state index contributed by atoms with van der Waals surface area (Å²) in [7, 11) is -4.19. The van der Waals surface area contributed by atoms with E-state index in [0.29, 0.717) is 36.1 Å². The number of aliphatic imine (C=N–C) groups is 1. The van der Waals surface area contributed by atoms with Crippen LogP contribution in [0.5, 0.6) is 5.75 Å². The van der Waals surface area contributed by atoms with Crippen molar-refractivity contribution in [2.45, 2.75) is 146 Å². The molecule has 0 bridgehead atoms. The van der Waals surface area contributed by atoms with Gasteiger partial charge in [0.2, 0.25) is 29.5 Å². The van der Waals surface area contributed by atoms with Gasteiger partial charge in [0.25, 0.3) is 15.9 Å². The Kier molecular flexibility index (Phi) is 17.0. The maximum atomic E-state index is 14.8. The zero-order chi connectivity index (χ0) is 50.9. The third kappa shape index (κ3) is 13.8. The van der Waals surface area contributed by atoms with Gasteiger partial charge in [-0.1, -0.05) is 91.0 Å². The second kappa shape index (κ2) is 23.1. The Morgan fingerprint density at radius 3 is 2.07 bits per heavy atom. The molecule has 0 aromatic heterocycles. The average Bonchev–Trinajstić information content (AvgIpc) is 3.95. The molecule has 0 unspecified atom stereocenters. The van der Waals surface area contributed by atoms with Crippen LogP contribution in [0.25, 0.3) is 0 Å². The molecule has 4 atom stereocenters. The average molecular weight is 990 g/mol. The van der Waals surface area contributed by atoms with Crippen LogP contribution in [0.2, 0.25) is 0 Å². The number of Topliss-reactive ketones (excluding diaryl/α,β-unsaturated/α-hetero) is 1. The molecule has 1 aliphatic carbocycles. The number of nitrogens with zero attached hydrogens (tertiary/aromatic N) is 2. The van der Waals surface area contributed by atoms with Crippen LogP contribution >= 0.6 is 0 Å². The van der Waals surface area contributed by atoms with Gasteiger partial charge in [-0.15, -0.1) is 0 Å². The molecule has 6 N–H and O–H groups in total. The van der Waals surface area contributed by atoms with E-state index in [4.69, 9.17) is 15.2 Å². The van der Waals surface area contributed by atoms with E-state index in [1.165, 1.54) is 4.90 Å². The molecule has 7 rings (SSSR count). The predicted molar refractivity (Wildman–Crippen MR) is 270 cm³/mol. The molecular weight excluding hydrogens is 923 g/mol. The third-order valence-electron chi connectivity index (χ3n) is 13.4. The molecule has 3 aliphatic rings. The van der Waals surface area contributed by atoms with Gasteiger partial charge in [-0.2, -0.15) is 0 Å². The number of ketones is 1. The number of aryl methyl sites for hydroxylation is 2. The number of nitrogens with two attached hydrogens (primary N) is 1. The molecule has 2 aliphatic heterocycles. The first-order valence-corrected chi connectivity index (χ1v) is 26.0. The summed E-state index contributed by atoms with van der Waals surface area (Å²) in [4.78, 5) is 75.8. The smallest absolute Gasteiger partial charge is 0.289 e. The summed E-state index contributed by atoms with van der Waals surface area (Å²) >= 11 is 0. The minimum Gasteiger partial charge on any atom is -0.487 e. The van der Waals surface area contributed by atoms with Crippen LogP contribution < -0.4 is 31.1 Å². The van der Waals surface area contributed by atoms with E-state index >= 15 is 0 Å². The standard InChI is InChI=1S/C54H67N7O9S/c1-34-35(2)49(36(3)42-31-54(4,5)70-48(34)42)71(67,68)60-53(55)56-29-15-22-43(47(63)51(65)57-40-25-26-40)59-50(64)45-30-41(69-33-39-20-13-8-14-21-39)32-61(45)52(66)44(27-23-37-16-9-6-10-17-37)58-46(62)28-24-38-18-11-7-12-19-38/h6-14,16-21,40-41,43-45H,15,22-33H2,1-5H3,(H,57,65)(H,58,62)(H,59,64)(H3,55,56,60)/t41-,43+,44+,45+/m1/s1. The molecule has 0 radical (unpaired) electrons. The zero-order valence-electron chi connectivity index (χ0n) is 41.3. The summed E-state index contributed by atoms with van der Waals surface area (Å²) in [5.41, 5.74) is 11.2. The lowest BCUT2D eigenvalue weighted by Crippen LogP contribution is -2.56. The minimum atomic E-state index is -4.19. The summed E-state index contributed by atoms with van der Waals surface area (Å²) in [6.45, 7) is 9.39. The Morgan fingerprint density at radius 1 is 0.817 bits per heavy atom. The summed E-state index contributed by atoms with van der Waals surface area (Å²) < 4.78 is 42.5. The predicted octanol–water partition coefficient (Wildman–Crippen LogP) is 4.97. The summed E-state index contributed by atoms with van der Waals surface area (Å²) in [5.74, 6) is -2.85. The molecule has 1 saturated carbocycles. The first-order valence-electron chi connectivity index (χ1n) is 24.5. The van der Waals surface area contributed by atoms with Gasteiger partial charge in [0.15, 0.2) is 0 Å². The van der Waals surface area contributed by atoms with Crippen LogP contribution in [0.1, 0.15) is 97.7 Å². The topological polar surface area (TPSA) is 228 Å². The highest BCUT2D eigenvalue weighted by molar-refractivity contribution is 7.90. The molecule has 378 valence electrons. The fourth-order valence-electron chi connectivity index (χ4n) is 9.32. The Bertz CT molecular complexity index is 2710. The van der Waals surface area contributed by atoms with Gasteiger partial charge in [-0.3, -0.25) is 29.0 Å². The summed E-state index contributed by atoms with van der Waals surface area (Å²) in [6, 6.07) is 25.1. The summed E-state index contributed by atoms with van der Waals surface area (Å²) in [5, 5.41) is 8.47. The van der Waals surface area contributed by atoms with Crippen LogP contribution in [0.3, 0.4) is 0 Å². The number of nitrogens with one attached hydrogen (secondary N) is 4. The Hall–Kier alpha value is -6.59. The number of carbonyl (C=O) groups is 5. The molecule has 1 saturated heterocycles. The van der Waals surface area contributed by atoms with Crippen LogP contribution in [0, 0.1) is 20.8 Å². The molecule has 71 heavy (non-hydrogen) atoms. The lowest BCUT2D eigenvalue weighted by atomic mass is 9.94. The number of fused-ring (bicyclic) bond motifs is 1. The number of guanidine groups is 1. The van der Waals surface area contributed by atoms with Gasteiger partial charge in [0.05, 0.1) is 23.6 Å². The van der Waals surface area contributed by atoms with E-state index in [1.54, 1.807) is 13.8 Å². The molecule has 4 amide bonds. The first kappa shape index (κ1) is 52.2. The van der Waals surface area contributed by atoms with Crippen LogP contribution in [-0.4, -0.2) is 97.7 Å². The fourth-order valence-corrected chi connectivity index (χ4v) is 10.8. The Balaban J connectivity index is 1.07. The van der Waals surface area contributed by atoms with Crippen LogP contribution in [0.4, 0.5) is 0 Å². The van der Waals surface area contributed by atoms with Crippen molar-refractivity contribution >= 4 is 45.4 Å². The molecule has 4 aromatic carbocycles. The van der Waals surface area contributed by atoms with E-state index in [0.717, 1.165) is 40.7 Å². The molecule has 2 heterocycles. The highest BCUT2D eigenvalue weighted by Crippen LogP contribution is 2.43. The fraction of sp³-hybridized carbons (Fsp3) is 0.444.